The van der Waals surface area contributed by atoms with Gasteiger partial charge in [-0.2, -0.15) is 0 Å². The van der Waals surface area contributed by atoms with E-state index in [0.29, 0.717) is 19.5 Å². The van der Waals surface area contributed by atoms with Crippen molar-refractivity contribution in [3.8, 4) is 0 Å². The fourth-order valence-electron chi connectivity index (χ4n) is 2.25. The van der Waals surface area contributed by atoms with Crippen molar-refractivity contribution < 1.29 is 14.3 Å². The van der Waals surface area contributed by atoms with Crippen LogP contribution in [-0.2, 0) is 16.0 Å². The van der Waals surface area contributed by atoms with Gasteiger partial charge in [-0.1, -0.05) is 6.92 Å². The summed E-state index contributed by atoms with van der Waals surface area (Å²) in [4.78, 5) is 26.3. The number of methoxy groups -OCH3 is 1. The predicted octanol–water partition coefficient (Wildman–Crippen LogP) is 1.95. The number of amides is 1. The van der Waals surface area contributed by atoms with Crippen molar-refractivity contribution in [2.75, 3.05) is 20.2 Å². The van der Waals surface area contributed by atoms with Crippen molar-refractivity contribution in [1.29, 1.82) is 0 Å². The Bertz CT molecular complexity index is 455. The molecule has 1 aliphatic rings. The fraction of sp³-hybridized carbons (Fsp3) is 0.538. The minimum atomic E-state index is -0.216. The van der Waals surface area contributed by atoms with Crippen LogP contribution in [-0.4, -0.2) is 37.0 Å². The Morgan fingerprint density at radius 2 is 2.33 bits per heavy atom. The molecule has 2 rings (SSSR count). The molecule has 0 aliphatic carbocycles. The van der Waals surface area contributed by atoms with Gasteiger partial charge in [0, 0.05) is 13.1 Å². The molecule has 1 saturated heterocycles. The minimum Gasteiger partial charge on any atom is -0.469 e. The van der Waals surface area contributed by atoms with Crippen LogP contribution >= 0.6 is 11.3 Å². The third-order valence-corrected chi connectivity index (χ3v) is 4.28. The summed E-state index contributed by atoms with van der Waals surface area (Å²) in [6, 6.07) is 1.99. The third kappa shape index (κ3) is 2.41. The Hall–Kier alpha value is -1.36. The van der Waals surface area contributed by atoms with Crippen molar-refractivity contribution in [1.82, 2.24) is 4.90 Å². The standard InChI is InChI=1S/C13H17NO3S/c1-3-9-5-7-18-11(9)12(15)14-6-4-10(8-14)13(16)17-2/h5,7,10H,3-4,6,8H2,1-2H3. The smallest absolute Gasteiger partial charge is 0.310 e. The monoisotopic (exact) mass is 267 g/mol. The summed E-state index contributed by atoms with van der Waals surface area (Å²) >= 11 is 1.48. The molecule has 1 aromatic rings. The summed E-state index contributed by atoms with van der Waals surface area (Å²) in [6.45, 7) is 3.16. The van der Waals surface area contributed by atoms with Gasteiger partial charge >= 0.3 is 5.97 Å². The number of thiophene rings is 1. The van der Waals surface area contributed by atoms with Gasteiger partial charge < -0.3 is 9.64 Å². The van der Waals surface area contributed by atoms with E-state index < -0.39 is 0 Å². The molecule has 1 aliphatic heterocycles. The molecule has 0 radical (unpaired) electrons. The van der Waals surface area contributed by atoms with Gasteiger partial charge in [0.25, 0.3) is 5.91 Å². The van der Waals surface area contributed by atoms with Crippen molar-refractivity contribution >= 4 is 23.2 Å². The summed E-state index contributed by atoms with van der Waals surface area (Å²) in [5.41, 5.74) is 1.09. The fourth-order valence-corrected chi connectivity index (χ4v) is 3.21. The number of rotatable bonds is 3. The molecular formula is C13H17NO3S. The first-order valence-electron chi connectivity index (χ1n) is 6.10. The Balaban J connectivity index is 2.06. The number of esters is 1. The molecule has 4 nitrogen and oxygen atoms in total. The Morgan fingerprint density at radius 3 is 3.00 bits per heavy atom. The molecule has 1 aromatic heterocycles. The number of hydrogen-bond donors (Lipinski definition) is 0. The Morgan fingerprint density at radius 1 is 1.56 bits per heavy atom. The van der Waals surface area contributed by atoms with Crippen molar-refractivity contribution in [2.24, 2.45) is 5.92 Å². The topological polar surface area (TPSA) is 46.6 Å². The number of hydrogen-bond acceptors (Lipinski definition) is 4. The first kappa shape index (κ1) is 13.1. The second-order valence-electron chi connectivity index (χ2n) is 4.39. The Kier molecular flexibility index (Phi) is 4.01. The van der Waals surface area contributed by atoms with E-state index in [9.17, 15) is 9.59 Å². The molecule has 0 N–H and O–H groups in total. The van der Waals surface area contributed by atoms with E-state index in [1.54, 1.807) is 4.90 Å². The molecular weight excluding hydrogens is 250 g/mol. The zero-order valence-corrected chi connectivity index (χ0v) is 11.5. The van der Waals surface area contributed by atoms with Gasteiger partial charge in [-0.05, 0) is 29.9 Å². The number of aryl methyl sites for hydroxylation is 1. The van der Waals surface area contributed by atoms with Gasteiger partial charge in [0.2, 0.25) is 0 Å². The van der Waals surface area contributed by atoms with Crippen LogP contribution in [0.25, 0.3) is 0 Å². The van der Waals surface area contributed by atoms with Gasteiger partial charge in [-0.25, -0.2) is 0 Å². The van der Waals surface area contributed by atoms with Crippen molar-refractivity contribution in [3.05, 3.63) is 21.9 Å². The number of carbonyl (C=O) groups is 2. The lowest BCUT2D eigenvalue weighted by Gasteiger charge is -2.15. The summed E-state index contributed by atoms with van der Waals surface area (Å²) in [5, 5.41) is 1.94. The highest BCUT2D eigenvalue weighted by atomic mass is 32.1. The van der Waals surface area contributed by atoms with Gasteiger partial charge in [-0.3, -0.25) is 9.59 Å². The molecule has 1 amide bonds. The highest BCUT2D eigenvalue weighted by Crippen LogP contribution is 2.24. The van der Waals surface area contributed by atoms with Crippen LogP contribution in [0.15, 0.2) is 11.4 Å². The quantitative estimate of drug-likeness (QED) is 0.786. The molecule has 0 aromatic carbocycles. The minimum absolute atomic E-state index is 0.0493. The highest BCUT2D eigenvalue weighted by molar-refractivity contribution is 7.12. The van der Waals surface area contributed by atoms with Gasteiger partial charge in [0.15, 0.2) is 0 Å². The van der Waals surface area contributed by atoms with Crippen LogP contribution in [0.5, 0.6) is 0 Å². The molecule has 1 atom stereocenters. The second kappa shape index (κ2) is 5.52. The van der Waals surface area contributed by atoms with Crippen LogP contribution in [0, 0.1) is 5.92 Å². The molecule has 18 heavy (non-hydrogen) atoms. The van der Waals surface area contributed by atoms with E-state index in [1.165, 1.54) is 18.4 Å². The molecule has 98 valence electrons. The maximum atomic E-state index is 12.3. The lowest BCUT2D eigenvalue weighted by Crippen LogP contribution is -2.30. The van der Waals surface area contributed by atoms with Crippen LogP contribution in [0.3, 0.4) is 0 Å². The molecule has 1 fully saturated rings. The van der Waals surface area contributed by atoms with E-state index >= 15 is 0 Å². The predicted molar refractivity (Wildman–Crippen MR) is 69.7 cm³/mol. The normalized spacial score (nSPS) is 19.0. The van der Waals surface area contributed by atoms with Gasteiger partial charge in [0.05, 0.1) is 17.9 Å². The second-order valence-corrected chi connectivity index (χ2v) is 5.30. The molecule has 0 saturated carbocycles. The largest absolute Gasteiger partial charge is 0.469 e. The van der Waals surface area contributed by atoms with Crippen LogP contribution in [0.2, 0.25) is 0 Å². The van der Waals surface area contributed by atoms with E-state index in [-0.39, 0.29) is 17.8 Å². The maximum Gasteiger partial charge on any atom is 0.310 e. The van der Waals surface area contributed by atoms with Crippen LogP contribution in [0.4, 0.5) is 0 Å². The summed E-state index contributed by atoms with van der Waals surface area (Å²) in [5.74, 6) is -0.329. The molecule has 1 unspecified atom stereocenters. The lowest BCUT2D eigenvalue weighted by atomic mass is 10.1. The number of nitrogens with zero attached hydrogens (tertiary/aromatic N) is 1. The van der Waals surface area contributed by atoms with Gasteiger partial charge in [-0.15, -0.1) is 11.3 Å². The zero-order valence-electron chi connectivity index (χ0n) is 10.6. The highest BCUT2D eigenvalue weighted by Gasteiger charge is 2.32. The zero-order chi connectivity index (χ0) is 13.1. The first-order valence-corrected chi connectivity index (χ1v) is 6.98. The molecule has 5 heteroatoms. The molecule has 2 heterocycles. The molecule has 0 bridgehead atoms. The third-order valence-electron chi connectivity index (χ3n) is 3.33. The summed E-state index contributed by atoms with van der Waals surface area (Å²) in [7, 11) is 1.39. The average molecular weight is 267 g/mol. The van der Waals surface area contributed by atoms with E-state index in [0.717, 1.165) is 16.9 Å². The van der Waals surface area contributed by atoms with Crippen LogP contribution in [0.1, 0.15) is 28.6 Å². The first-order chi connectivity index (χ1) is 8.67. The van der Waals surface area contributed by atoms with E-state index in [1.807, 2.05) is 18.4 Å². The van der Waals surface area contributed by atoms with Crippen LogP contribution < -0.4 is 0 Å². The maximum absolute atomic E-state index is 12.3. The SMILES string of the molecule is CCc1ccsc1C(=O)N1CCC(C(=O)OC)C1. The summed E-state index contributed by atoms with van der Waals surface area (Å²) < 4.78 is 4.72. The van der Waals surface area contributed by atoms with Crippen molar-refractivity contribution in [3.63, 3.8) is 0 Å². The number of carbonyl (C=O) groups excluding carboxylic acids is 2. The summed E-state index contributed by atoms with van der Waals surface area (Å²) in [6.07, 6.45) is 1.56. The van der Waals surface area contributed by atoms with E-state index in [2.05, 4.69) is 0 Å². The lowest BCUT2D eigenvalue weighted by molar-refractivity contribution is -0.144. The number of likely N-dealkylation sites (tertiary alicyclic amines) is 1. The van der Waals surface area contributed by atoms with Gasteiger partial charge in [0.1, 0.15) is 0 Å². The number of ether oxygens (including phenoxy) is 1. The van der Waals surface area contributed by atoms with E-state index in [4.69, 9.17) is 4.74 Å². The Labute approximate surface area is 111 Å². The molecule has 0 spiro atoms. The van der Waals surface area contributed by atoms with Crippen molar-refractivity contribution in [2.45, 2.75) is 19.8 Å². The average Bonchev–Trinajstić information content (AvgIpc) is 3.05.